The Bertz CT molecular complexity index is 424. The van der Waals surface area contributed by atoms with Crippen LogP contribution in [0, 0.1) is 0 Å². The molecule has 1 fully saturated rings. The Morgan fingerprint density at radius 1 is 1.67 bits per heavy atom. The Morgan fingerprint density at radius 2 is 2.50 bits per heavy atom. The number of anilines is 1. The van der Waals surface area contributed by atoms with Gasteiger partial charge in [0.2, 0.25) is 5.91 Å². The minimum atomic E-state index is -0.119. The molecule has 0 bridgehead atoms. The molecule has 1 aromatic heterocycles. The molecular formula is C12H18N4O2. The lowest BCUT2D eigenvalue weighted by molar-refractivity contribution is -0.123. The average Bonchev–Trinajstić information content (AvgIpc) is 2.39. The Morgan fingerprint density at radius 3 is 3.22 bits per heavy atom. The third kappa shape index (κ3) is 3.18. The number of carbonyl (C=O) groups excluding carboxylic acids is 1. The van der Waals surface area contributed by atoms with Gasteiger partial charge in [0, 0.05) is 20.1 Å². The third-order valence-corrected chi connectivity index (χ3v) is 2.92. The van der Waals surface area contributed by atoms with Crippen LogP contribution in [0.1, 0.15) is 11.8 Å². The molecule has 0 aliphatic carbocycles. The Hall–Kier alpha value is -1.66. The van der Waals surface area contributed by atoms with Gasteiger partial charge in [0.15, 0.2) is 0 Å². The minimum absolute atomic E-state index is 0.0104. The first-order valence-electron chi connectivity index (χ1n) is 5.96. The standard InChI is InChI=1S/C12H18N4O2/c1-14-12(17)8-16-5-6-18-10(7-16)9-3-2-4-11(13)15-9/h2-4,10H,5-8H2,1H3,(H2,13,15)(H,14,17). The van der Waals surface area contributed by atoms with E-state index in [2.05, 4.69) is 15.2 Å². The normalized spacial score (nSPS) is 20.6. The Labute approximate surface area is 106 Å². The molecule has 18 heavy (non-hydrogen) atoms. The van der Waals surface area contributed by atoms with E-state index in [1.807, 2.05) is 12.1 Å². The molecule has 1 unspecified atom stereocenters. The molecule has 0 saturated carbocycles. The summed E-state index contributed by atoms with van der Waals surface area (Å²) < 4.78 is 5.67. The second-order valence-electron chi connectivity index (χ2n) is 4.26. The monoisotopic (exact) mass is 250 g/mol. The molecule has 2 rings (SSSR count). The van der Waals surface area contributed by atoms with E-state index >= 15 is 0 Å². The van der Waals surface area contributed by atoms with Gasteiger partial charge < -0.3 is 15.8 Å². The first-order valence-corrected chi connectivity index (χ1v) is 5.96. The second kappa shape index (κ2) is 5.79. The van der Waals surface area contributed by atoms with Crippen molar-refractivity contribution < 1.29 is 9.53 Å². The molecule has 1 aliphatic rings. The summed E-state index contributed by atoms with van der Waals surface area (Å²) >= 11 is 0. The second-order valence-corrected chi connectivity index (χ2v) is 4.26. The number of amides is 1. The van der Waals surface area contributed by atoms with Gasteiger partial charge in [0.05, 0.1) is 18.8 Å². The summed E-state index contributed by atoms with van der Waals surface area (Å²) in [6, 6.07) is 5.50. The van der Waals surface area contributed by atoms with Crippen LogP contribution in [-0.4, -0.2) is 49.1 Å². The molecule has 1 saturated heterocycles. The molecule has 1 atom stereocenters. The SMILES string of the molecule is CNC(=O)CN1CCOC(c2cccc(N)n2)C1. The molecule has 6 heteroatoms. The van der Waals surface area contributed by atoms with Crippen LogP contribution in [0.2, 0.25) is 0 Å². The molecule has 0 spiro atoms. The molecule has 98 valence electrons. The highest BCUT2D eigenvalue weighted by atomic mass is 16.5. The lowest BCUT2D eigenvalue weighted by Gasteiger charge is -2.32. The van der Waals surface area contributed by atoms with Crippen molar-refractivity contribution in [1.82, 2.24) is 15.2 Å². The smallest absolute Gasteiger partial charge is 0.233 e. The summed E-state index contributed by atoms with van der Waals surface area (Å²) in [5.74, 6) is 0.496. The van der Waals surface area contributed by atoms with Crippen molar-refractivity contribution in [1.29, 1.82) is 0 Å². The molecular weight excluding hydrogens is 232 g/mol. The zero-order chi connectivity index (χ0) is 13.0. The number of hydrogen-bond donors (Lipinski definition) is 2. The number of rotatable bonds is 3. The predicted octanol–water partition coefficient (Wildman–Crippen LogP) is -0.217. The number of nitrogens with one attached hydrogen (secondary N) is 1. The van der Waals surface area contributed by atoms with Crippen molar-refractivity contribution in [3.8, 4) is 0 Å². The molecule has 0 aromatic carbocycles. The van der Waals surface area contributed by atoms with Crippen LogP contribution in [0.3, 0.4) is 0 Å². The van der Waals surface area contributed by atoms with Gasteiger partial charge >= 0.3 is 0 Å². The van der Waals surface area contributed by atoms with Gasteiger partial charge in [0.25, 0.3) is 0 Å². The first kappa shape index (κ1) is 12.8. The van der Waals surface area contributed by atoms with Crippen LogP contribution in [-0.2, 0) is 9.53 Å². The van der Waals surface area contributed by atoms with E-state index in [0.29, 0.717) is 25.5 Å². The number of pyridine rings is 1. The van der Waals surface area contributed by atoms with Gasteiger partial charge in [-0.1, -0.05) is 6.07 Å². The quantitative estimate of drug-likeness (QED) is 0.775. The molecule has 1 aromatic rings. The summed E-state index contributed by atoms with van der Waals surface area (Å²) in [5, 5.41) is 2.62. The minimum Gasteiger partial charge on any atom is -0.384 e. The maximum absolute atomic E-state index is 11.3. The van der Waals surface area contributed by atoms with E-state index < -0.39 is 0 Å². The van der Waals surface area contributed by atoms with Gasteiger partial charge in [-0.05, 0) is 12.1 Å². The van der Waals surface area contributed by atoms with Crippen molar-refractivity contribution in [2.24, 2.45) is 0 Å². The maximum Gasteiger partial charge on any atom is 0.233 e. The van der Waals surface area contributed by atoms with Crippen molar-refractivity contribution in [2.45, 2.75) is 6.10 Å². The predicted molar refractivity (Wildman–Crippen MR) is 67.8 cm³/mol. The zero-order valence-electron chi connectivity index (χ0n) is 10.4. The van der Waals surface area contributed by atoms with Gasteiger partial charge in [-0.15, -0.1) is 0 Å². The van der Waals surface area contributed by atoms with Gasteiger partial charge in [-0.3, -0.25) is 9.69 Å². The molecule has 1 aliphatic heterocycles. The van der Waals surface area contributed by atoms with E-state index in [-0.39, 0.29) is 12.0 Å². The summed E-state index contributed by atoms with van der Waals surface area (Å²) in [5.41, 5.74) is 6.47. The highest BCUT2D eigenvalue weighted by Gasteiger charge is 2.24. The number of likely N-dealkylation sites (N-methyl/N-ethyl adjacent to an activating group) is 1. The Balaban J connectivity index is 2.00. The van der Waals surface area contributed by atoms with E-state index in [0.717, 1.165) is 12.2 Å². The number of hydrogen-bond acceptors (Lipinski definition) is 5. The van der Waals surface area contributed by atoms with Crippen LogP contribution in [0.25, 0.3) is 0 Å². The number of nitrogens with two attached hydrogens (primary N) is 1. The van der Waals surface area contributed by atoms with Gasteiger partial charge in [0.1, 0.15) is 11.9 Å². The highest BCUT2D eigenvalue weighted by molar-refractivity contribution is 5.77. The highest BCUT2D eigenvalue weighted by Crippen LogP contribution is 2.20. The summed E-state index contributed by atoms with van der Waals surface area (Å²) in [6.45, 7) is 2.40. The summed E-state index contributed by atoms with van der Waals surface area (Å²) in [7, 11) is 1.64. The average molecular weight is 250 g/mol. The van der Waals surface area contributed by atoms with Crippen molar-refractivity contribution >= 4 is 11.7 Å². The maximum atomic E-state index is 11.3. The van der Waals surface area contributed by atoms with Crippen molar-refractivity contribution in [3.05, 3.63) is 23.9 Å². The summed E-state index contributed by atoms with van der Waals surface area (Å²) in [4.78, 5) is 17.7. The van der Waals surface area contributed by atoms with E-state index in [9.17, 15) is 4.79 Å². The van der Waals surface area contributed by atoms with Crippen molar-refractivity contribution in [3.63, 3.8) is 0 Å². The number of carbonyl (C=O) groups is 1. The number of nitrogens with zero attached hydrogens (tertiary/aromatic N) is 2. The van der Waals surface area contributed by atoms with Crippen molar-refractivity contribution in [2.75, 3.05) is 39.0 Å². The van der Waals surface area contributed by atoms with Crippen LogP contribution in [0.4, 0.5) is 5.82 Å². The fourth-order valence-corrected chi connectivity index (χ4v) is 1.96. The number of morpholine rings is 1. The lowest BCUT2D eigenvalue weighted by Crippen LogP contribution is -2.43. The third-order valence-electron chi connectivity index (χ3n) is 2.92. The topological polar surface area (TPSA) is 80.5 Å². The summed E-state index contributed by atoms with van der Waals surface area (Å²) in [6.07, 6.45) is -0.119. The Kier molecular flexibility index (Phi) is 4.11. The first-order chi connectivity index (χ1) is 8.69. The number of ether oxygens (including phenoxy) is 1. The fraction of sp³-hybridized carbons (Fsp3) is 0.500. The fourth-order valence-electron chi connectivity index (χ4n) is 1.96. The number of aromatic nitrogens is 1. The molecule has 2 heterocycles. The molecule has 3 N–H and O–H groups in total. The van der Waals surface area contributed by atoms with E-state index in [1.165, 1.54) is 0 Å². The largest absolute Gasteiger partial charge is 0.384 e. The lowest BCUT2D eigenvalue weighted by atomic mass is 10.2. The van der Waals surface area contributed by atoms with E-state index in [4.69, 9.17) is 10.5 Å². The number of nitrogen functional groups attached to an aromatic ring is 1. The molecule has 1 amide bonds. The van der Waals surface area contributed by atoms with Gasteiger partial charge in [-0.2, -0.15) is 0 Å². The van der Waals surface area contributed by atoms with Crippen LogP contribution in [0.5, 0.6) is 0 Å². The zero-order valence-corrected chi connectivity index (χ0v) is 10.4. The van der Waals surface area contributed by atoms with Crippen LogP contribution >= 0.6 is 0 Å². The van der Waals surface area contributed by atoms with Gasteiger partial charge in [-0.25, -0.2) is 4.98 Å². The van der Waals surface area contributed by atoms with E-state index in [1.54, 1.807) is 13.1 Å². The van der Waals surface area contributed by atoms with Crippen LogP contribution in [0.15, 0.2) is 18.2 Å². The molecule has 6 nitrogen and oxygen atoms in total. The molecule has 0 radical (unpaired) electrons. The van der Waals surface area contributed by atoms with Crippen LogP contribution < -0.4 is 11.1 Å².